The zero-order valence-electron chi connectivity index (χ0n) is 12.1. The minimum atomic E-state index is 0.0270. The molecule has 112 valence electrons. The second-order valence-electron chi connectivity index (χ2n) is 5.17. The number of rotatable bonds is 7. The Morgan fingerprint density at radius 3 is 3.05 bits per heavy atom. The minimum Gasteiger partial charge on any atom is -0.376 e. The molecule has 0 radical (unpaired) electrons. The molecule has 0 bridgehead atoms. The summed E-state index contributed by atoms with van der Waals surface area (Å²) in [6.45, 7) is 5.34. The number of halogens is 1. The van der Waals surface area contributed by atoms with E-state index in [9.17, 15) is 0 Å². The molecule has 0 amide bonds. The van der Waals surface area contributed by atoms with Gasteiger partial charge in [0.05, 0.1) is 18.8 Å². The van der Waals surface area contributed by atoms with Crippen molar-refractivity contribution in [3.63, 3.8) is 0 Å². The van der Waals surface area contributed by atoms with Gasteiger partial charge >= 0.3 is 0 Å². The zero-order valence-corrected chi connectivity index (χ0v) is 12.9. The predicted octanol–water partition coefficient (Wildman–Crippen LogP) is 3.58. The highest BCUT2D eigenvalue weighted by Gasteiger charge is 2.18. The van der Waals surface area contributed by atoms with Crippen molar-refractivity contribution in [2.75, 3.05) is 26.3 Å². The maximum absolute atomic E-state index is 6.08. The van der Waals surface area contributed by atoms with E-state index in [1.165, 1.54) is 12.8 Å². The van der Waals surface area contributed by atoms with Crippen LogP contribution in [0.25, 0.3) is 0 Å². The van der Waals surface area contributed by atoms with Crippen LogP contribution in [0.2, 0.25) is 5.02 Å². The molecule has 1 aromatic carbocycles. The molecule has 0 aliphatic carbocycles. The fraction of sp³-hybridized carbons (Fsp3) is 0.625. The molecule has 20 heavy (non-hydrogen) atoms. The van der Waals surface area contributed by atoms with Gasteiger partial charge in [-0.15, -0.1) is 0 Å². The fourth-order valence-electron chi connectivity index (χ4n) is 2.42. The Labute approximate surface area is 126 Å². The van der Waals surface area contributed by atoms with E-state index in [2.05, 4.69) is 18.3 Å². The van der Waals surface area contributed by atoms with Crippen molar-refractivity contribution in [3.05, 3.63) is 34.9 Å². The average Bonchev–Trinajstić information content (AvgIpc) is 2.48. The first-order valence-corrected chi connectivity index (χ1v) is 7.86. The molecule has 3 nitrogen and oxygen atoms in total. The molecule has 4 heteroatoms. The van der Waals surface area contributed by atoms with E-state index in [-0.39, 0.29) is 12.2 Å². The highest BCUT2D eigenvalue weighted by Crippen LogP contribution is 2.22. The van der Waals surface area contributed by atoms with Crippen molar-refractivity contribution < 1.29 is 9.47 Å². The van der Waals surface area contributed by atoms with Gasteiger partial charge in [0.2, 0.25) is 0 Å². The van der Waals surface area contributed by atoms with Crippen molar-refractivity contribution in [1.82, 2.24) is 5.32 Å². The van der Waals surface area contributed by atoms with Gasteiger partial charge in [-0.25, -0.2) is 0 Å². The minimum absolute atomic E-state index is 0.0270. The van der Waals surface area contributed by atoms with Crippen LogP contribution < -0.4 is 5.32 Å². The van der Waals surface area contributed by atoms with E-state index < -0.39 is 0 Å². The predicted molar refractivity (Wildman–Crippen MR) is 82.3 cm³/mol. The van der Waals surface area contributed by atoms with Crippen LogP contribution in [0.15, 0.2) is 24.3 Å². The number of nitrogens with one attached hydrogen (secondary N) is 1. The van der Waals surface area contributed by atoms with Gasteiger partial charge in [-0.05, 0) is 43.5 Å². The molecule has 0 saturated carbocycles. The lowest BCUT2D eigenvalue weighted by Gasteiger charge is -2.26. The second-order valence-corrected chi connectivity index (χ2v) is 5.61. The molecule has 2 unspecified atom stereocenters. The highest BCUT2D eigenvalue weighted by atomic mass is 35.5. The van der Waals surface area contributed by atoms with Crippen molar-refractivity contribution in [3.8, 4) is 0 Å². The Bertz CT molecular complexity index is 394. The van der Waals surface area contributed by atoms with Crippen LogP contribution in [-0.2, 0) is 9.47 Å². The Hall–Kier alpha value is -0.610. The second kappa shape index (κ2) is 8.63. The monoisotopic (exact) mass is 297 g/mol. The SMILES string of the molecule is CCNCC(OCC1CCCCO1)c1cccc(Cl)c1. The van der Waals surface area contributed by atoms with Crippen LogP contribution in [-0.4, -0.2) is 32.4 Å². The lowest BCUT2D eigenvalue weighted by Crippen LogP contribution is -2.29. The Morgan fingerprint density at radius 1 is 1.45 bits per heavy atom. The molecule has 1 saturated heterocycles. The molecule has 1 aliphatic heterocycles. The summed E-state index contributed by atoms with van der Waals surface area (Å²) in [5.41, 5.74) is 1.12. The maximum atomic E-state index is 6.08. The smallest absolute Gasteiger partial charge is 0.0951 e. The fourth-order valence-corrected chi connectivity index (χ4v) is 2.62. The summed E-state index contributed by atoms with van der Waals surface area (Å²) in [6.07, 6.45) is 3.78. The summed E-state index contributed by atoms with van der Waals surface area (Å²) in [5.74, 6) is 0. The van der Waals surface area contributed by atoms with Gasteiger partial charge < -0.3 is 14.8 Å². The third-order valence-electron chi connectivity index (χ3n) is 3.56. The molecule has 0 spiro atoms. The van der Waals surface area contributed by atoms with Gasteiger partial charge in [-0.3, -0.25) is 0 Å². The maximum Gasteiger partial charge on any atom is 0.0951 e. The molecule has 1 heterocycles. The van der Waals surface area contributed by atoms with Gasteiger partial charge in [-0.2, -0.15) is 0 Å². The zero-order chi connectivity index (χ0) is 14.2. The van der Waals surface area contributed by atoms with Crippen LogP contribution in [0.5, 0.6) is 0 Å². The molecule has 1 fully saturated rings. The van der Waals surface area contributed by atoms with E-state index in [1.807, 2.05) is 18.2 Å². The van der Waals surface area contributed by atoms with Gasteiger partial charge in [0, 0.05) is 18.2 Å². The van der Waals surface area contributed by atoms with Gasteiger partial charge in [0.15, 0.2) is 0 Å². The summed E-state index contributed by atoms with van der Waals surface area (Å²) < 4.78 is 11.8. The van der Waals surface area contributed by atoms with Gasteiger partial charge in [0.1, 0.15) is 0 Å². The normalized spacial score (nSPS) is 20.8. The lowest BCUT2D eigenvalue weighted by molar-refractivity contribution is -0.0632. The molecular weight excluding hydrogens is 274 g/mol. The molecule has 1 aromatic rings. The average molecular weight is 298 g/mol. The number of hydrogen-bond acceptors (Lipinski definition) is 3. The van der Waals surface area contributed by atoms with E-state index in [0.29, 0.717) is 6.61 Å². The first kappa shape index (κ1) is 15.8. The molecule has 1 aliphatic rings. The van der Waals surface area contributed by atoms with E-state index in [0.717, 1.165) is 36.7 Å². The lowest BCUT2D eigenvalue weighted by atomic mass is 10.1. The van der Waals surface area contributed by atoms with Crippen LogP contribution in [0.4, 0.5) is 0 Å². The first-order chi connectivity index (χ1) is 9.79. The summed E-state index contributed by atoms with van der Waals surface area (Å²) in [6, 6.07) is 7.90. The summed E-state index contributed by atoms with van der Waals surface area (Å²) >= 11 is 6.07. The summed E-state index contributed by atoms with van der Waals surface area (Å²) in [4.78, 5) is 0. The number of ether oxygens (including phenoxy) is 2. The Kier molecular flexibility index (Phi) is 6.80. The number of likely N-dealkylation sites (N-methyl/N-ethyl adjacent to an activating group) is 1. The van der Waals surface area contributed by atoms with E-state index >= 15 is 0 Å². The Morgan fingerprint density at radius 2 is 2.35 bits per heavy atom. The molecular formula is C16H24ClNO2. The molecule has 2 rings (SSSR count). The van der Waals surface area contributed by atoms with Gasteiger partial charge in [-0.1, -0.05) is 30.7 Å². The van der Waals surface area contributed by atoms with Crippen LogP contribution in [0.1, 0.15) is 37.9 Å². The molecule has 1 N–H and O–H groups in total. The van der Waals surface area contributed by atoms with Crippen molar-refractivity contribution in [2.45, 2.75) is 38.4 Å². The summed E-state index contributed by atoms with van der Waals surface area (Å²) in [7, 11) is 0. The van der Waals surface area contributed by atoms with E-state index in [4.69, 9.17) is 21.1 Å². The third-order valence-corrected chi connectivity index (χ3v) is 3.79. The summed E-state index contributed by atoms with van der Waals surface area (Å²) in [5, 5.41) is 4.10. The van der Waals surface area contributed by atoms with Crippen LogP contribution in [0, 0.1) is 0 Å². The molecule has 2 atom stereocenters. The van der Waals surface area contributed by atoms with Crippen LogP contribution >= 0.6 is 11.6 Å². The largest absolute Gasteiger partial charge is 0.376 e. The molecule has 0 aromatic heterocycles. The van der Waals surface area contributed by atoms with Crippen molar-refractivity contribution >= 4 is 11.6 Å². The quantitative estimate of drug-likeness (QED) is 0.834. The number of benzene rings is 1. The van der Waals surface area contributed by atoms with Crippen molar-refractivity contribution in [2.24, 2.45) is 0 Å². The third kappa shape index (κ3) is 5.06. The first-order valence-electron chi connectivity index (χ1n) is 7.49. The standard InChI is InChI=1S/C16H24ClNO2/c1-2-18-11-16(13-6-5-7-14(17)10-13)20-12-15-8-3-4-9-19-15/h5-7,10,15-16,18H,2-4,8-9,11-12H2,1H3. The Balaban J connectivity index is 1.92. The topological polar surface area (TPSA) is 30.5 Å². The van der Waals surface area contributed by atoms with Crippen molar-refractivity contribution in [1.29, 1.82) is 0 Å². The van der Waals surface area contributed by atoms with E-state index in [1.54, 1.807) is 0 Å². The van der Waals surface area contributed by atoms with Crippen LogP contribution in [0.3, 0.4) is 0 Å². The van der Waals surface area contributed by atoms with Gasteiger partial charge in [0.25, 0.3) is 0 Å². The number of hydrogen-bond donors (Lipinski definition) is 1. The highest BCUT2D eigenvalue weighted by molar-refractivity contribution is 6.30.